The lowest BCUT2D eigenvalue weighted by Crippen LogP contribution is -1.75. The summed E-state index contributed by atoms with van der Waals surface area (Å²) in [6.07, 6.45) is 4.49. The Morgan fingerprint density at radius 2 is 1.86 bits per heavy atom. The van der Waals surface area contributed by atoms with Gasteiger partial charge in [-0.3, -0.25) is 0 Å². The first-order valence-corrected chi connectivity index (χ1v) is 1.57. The van der Waals surface area contributed by atoms with Crippen LogP contribution in [0.3, 0.4) is 0 Å². The Bertz CT molecular complexity index is 82.1. The van der Waals surface area contributed by atoms with Gasteiger partial charge in [-0.15, -0.1) is 17.5 Å². The molecule has 1 rings (SSSR count). The summed E-state index contributed by atoms with van der Waals surface area (Å²) < 4.78 is 0. The van der Waals surface area contributed by atoms with Gasteiger partial charge in [-0.05, 0) is 0 Å². The third kappa shape index (κ3) is 2.05. The molecule has 0 unspecified atom stereocenters. The smallest absolute Gasteiger partial charge is 0.138 e. The second-order valence-corrected chi connectivity index (χ2v) is 0.794. The molecule has 3 nitrogen and oxygen atoms in total. The van der Waals surface area contributed by atoms with Gasteiger partial charge in [0.1, 0.15) is 6.33 Å². The van der Waals surface area contributed by atoms with E-state index in [2.05, 4.69) is 15.2 Å². The molecule has 1 aromatic rings. The summed E-state index contributed by atoms with van der Waals surface area (Å²) in [5, 5.41) is 6.90. The van der Waals surface area contributed by atoms with E-state index in [1.165, 1.54) is 12.5 Å². The molecule has 1 heterocycles. The normalized spacial score (nSPS) is 6.86. The van der Waals surface area contributed by atoms with E-state index in [1.54, 1.807) is 6.20 Å². The van der Waals surface area contributed by atoms with Gasteiger partial charge >= 0.3 is 0 Å². The maximum absolute atomic E-state index is 3.61. The Morgan fingerprint density at radius 1 is 1.00 bits per heavy atom. The number of hydrogen-bond acceptors (Lipinski definition) is 3. The molecule has 0 N–H and O–H groups in total. The molecular weight excluding hydrogens is 114 g/mol. The maximum Gasteiger partial charge on any atom is 0.138 e. The molecule has 4 heteroatoms. The van der Waals surface area contributed by atoms with Gasteiger partial charge in [0.15, 0.2) is 0 Å². The average Bonchev–Trinajstić information content (AvgIpc) is 1.72. The fourth-order valence-electron chi connectivity index (χ4n) is 0.205. The van der Waals surface area contributed by atoms with Crippen molar-refractivity contribution < 1.29 is 0 Å². The zero-order valence-electron chi connectivity index (χ0n) is 3.48. The molecule has 0 spiro atoms. The van der Waals surface area contributed by atoms with Crippen LogP contribution in [0.2, 0.25) is 0 Å². The summed E-state index contributed by atoms with van der Waals surface area (Å²) in [4.78, 5) is 3.61. The first-order valence-electron chi connectivity index (χ1n) is 1.57. The van der Waals surface area contributed by atoms with Gasteiger partial charge in [0.05, 0.1) is 6.20 Å². The van der Waals surface area contributed by atoms with Crippen molar-refractivity contribution in [2.45, 2.75) is 0 Å². The van der Waals surface area contributed by atoms with Crippen LogP contribution in [0.1, 0.15) is 0 Å². The van der Waals surface area contributed by atoms with Crippen molar-refractivity contribution in [2.24, 2.45) is 0 Å². The van der Waals surface area contributed by atoms with Crippen molar-refractivity contribution >= 4 is 12.4 Å². The Hall–Kier alpha value is -0.700. The molecular formula is C3H4ClN3. The molecule has 0 fully saturated rings. The lowest BCUT2D eigenvalue weighted by atomic mass is 10.9. The van der Waals surface area contributed by atoms with E-state index < -0.39 is 0 Å². The van der Waals surface area contributed by atoms with Gasteiger partial charge in [0.2, 0.25) is 0 Å². The molecule has 38 valence electrons. The fraction of sp³-hybridized carbons (Fsp3) is 0. The van der Waals surface area contributed by atoms with E-state index in [1.807, 2.05) is 0 Å². The van der Waals surface area contributed by atoms with Crippen LogP contribution in [0.4, 0.5) is 0 Å². The van der Waals surface area contributed by atoms with E-state index in [-0.39, 0.29) is 12.4 Å². The quantitative estimate of drug-likeness (QED) is 0.491. The standard InChI is InChI=1S/C3H3N3.ClH/c1-2-5-6-3-4-1;/h1-3H;1H. The molecule has 1 aromatic heterocycles. The SMILES string of the molecule is Cl.c1cnncn1. The Kier molecular flexibility index (Phi) is 3.14. The number of rotatable bonds is 0. The Balaban J connectivity index is 0.000000360. The second kappa shape index (κ2) is 3.49. The van der Waals surface area contributed by atoms with Crippen LogP contribution in [-0.4, -0.2) is 15.2 Å². The summed E-state index contributed by atoms with van der Waals surface area (Å²) in [6.45, 7) is 0. The van der Waals surface area contributed by atoms with Crippen molar-refractivity contribution in [1.82, 2.24) is 15.2 Å². The lowest BCUT2D eigenvalue weighted by molar-refractivity contribution is 0.969. The Labute approximate surface area is 47.2 Å². The van der Waals surface area contributed by atoms with Gasteiger partial charge in [-0.1, -0.05) is 0 Å². The minimum absolute atomic E-state index is 0. The topological polar surface area (TPSA) is 38.7 Å². The third-order valence-electron chi connectivity index (χ3n) is 0.404. The van der Waals surface area contributed by atoms with Crippen molar-refractivity contribution in [3.05, 3.63) is 18.7 Å². The summed E-state index contributed by atoms with van der Waals surface area (Å²) >= 11 is 0. The highest BCUT2D eigenvalue weighted by atomic mass is 35.5. The first kappa shape index (κ1) is 6.30. The fourth-order valence-corrected chi connectivity index (χ4v) is 0.205. The lowest BCUT2D eigenvalue weighted by Gasteiger charge is -1.69. The molecule has 0 radical (unpaired) electrons. The maximum atomic E-state index is 3.61. The molecule has 0 amide bonds. The summed E-state index contributed by atoms with van der Waals surface area (Å²) in [7, 11) is 0. The van der Waals surface area contributed by atoms with Gasteiger partial charge in [-0.2, -0.15) is 5.10 Å². The molecule has 0 aliphatic carbocycles. The van der Waals surface area contributed by atoms with Crippen molar-refractivity contribution in [1.29, 1.82) is 0 Å². The highest BCUT2D eigenvalue weighted by molar-refractivity contribution is 5.85. The Morgan fingerprint density at radius 3 is 2.00 bits per heavy atom. The van der Waals surface area contributed by atoms with E-state index in [4.69, 9.17) is 0 Å². The van der Waals surface area contributed by atoms with Crippen LogP contribution < -0.4 is 0 Å². The molecule has 0 saturated heterocycles. The molecule has 7 heavy (non-hydrogen) atoms. The molecule has 0 aliphatic rings. The van der Waals surface area contributed by atoms with Crippen LogP contribution in [0.25, 0.3) is 0 Å². The van der Waals surface area contributed by atoms with Gasteiger partial charge in [0.25, 0.3) is 0 Å². The molecule has 0 saturated carbocycles. The zero-order valence-corrected chi connectivity index (χ0v) is 4.30. The minimum atomic E-state index is 0. The van der Waals surface area contributed by atoms with Crippen LogP contribution >= 0.6 is 12.4 Å². The van der Waals surface area contributed by atoms with Crippen molar-refractivity contribution in [2.75, 3.05) is 0 Å². The third-order valence-corrected chi connectivity index (χ3v) is 0.404. The molecule has 0 atom stereocenters. The van der Waals surface area contributed by atoms with E-state index in [0.717, 1.165) is 0 Å². The zero-order chi connectivity index (χ0) is 4.24. The van der Waals surface area contributed by atoms with Crippen LogP contribution in [0.15, 0.2) is 18.7 Å². The van der Waals surface area contributed by atoms with E-state index in [9.17, 15) is 0 Å². The van der Waals surface area contributed by atoms with E-state index >= 15 is 0 Å². The van der Waals surface area contributed by atoms with Crippen molar-refractivity contribution in [3.8, 4) is 0 Å². The molecule has 0 bridgehead atoms. The highest BCUT2D eigenvalue weighted by Gasteiger charge is 1.60. The summed E-state index contributed by atoms with van der Waals surface area (Å²) in [6, 6.07) is 0. The first-order chi connectivity index (χ1) is 3.00. The van der Waals surface area contributed by atoms with Crippen LogP contribution in [0, 0.1) is 0 Å². The highest BCUT2D eigenvalue weighted by Crippen LogP contribution is 1.59. The van der Waals surface area contributed by atoms with Crippen LogP contribution in [-0.2, 0) is 0 Å². The summed E-state index contributed by atoms with van der Waals surface area (Å²) in [5.74, 6) is 0. The number of nitrogens with zero attached hydrogens (tertiary/aromatic N) is 3. The van der Waals surface area contributed by atoms with E-state index in [0.29, 0.717) is 0 Å². The monoisotopic (exact) mass is 117 g/mol. The van der Waals surface area contributed by atoms with Gasteiger partial charge in [-0.25, -0.2) is 4.98 Å². The second-order valence-electron chi connectivity index (χ2n) is 0.794. The number of aromatic nitrogens is 3. The van der Waals surface area contributed by atoms with Crippen LogP contribution in [0.5, 0.6) is 0 Å². The van der Waals surface area contributed by atoms with Crippen molar-refractivity contribution in [3.63, 3.8) is 0 Å². The van der Waals surface area contributed by atoms with Gasteiger partial charge in [0, 0.05) is 6.20 Å². The number of halogens is 1. The number of hydrogen-bond donors (Lipinski definition) is 0. The average molecular weight is 118 g/mol. The minimum Gasteiger partial charge on any atom is -0.241 e. The molecule has 0 aliphatic heterocycles. The molecule has 0 aromatic carbocycles. The predicted molar refractivity (Wildman–Crippen MR) is 27.1 cm³/mol. The predicted octanol–water partition coefficient (Wildman–Crippen LogP) is 0.293. The summed E-state index contributed by atoms with van der Waals surface area (Å²) in [5.41, 5.74) is 0. The van der Waals surface area contributed by atoms with Gasteiger partial charge < -0.3 is 0 Å². The largest absolute Gasteiger partial charge is 0.241 e.